The van der Waals surface area contributed by atoms with E-state index in [9.17, 15) is 4.79 Å². The number of benzene rings is 2. The van der Waals surface area contributed by atoms with Crippen molar-refractivity contribution in [2.24, 2.45) is 0 Å². The summed E-state index contributed by atoms with van der Waals surface area (Å²) in [5.74, 6) is -0.111. The van der Waals surface area contributed by atoms with E-state index in [4.69, 9.17) is 11.6 Å². The van der Waals surface area contributed by atoms with Gasteiger partial charge in [-0.05, 0) is 36.2 Å². The Morgan fingerprint density at radius 3 is 2.35 bits per heavy atom. The maximum absolute atomic E-state index is 12.4. The molecule has 0 aliphatic carbocycles. The second-order valence-corrected chi connectivity index (χ2v) is 4.79. The standard InChI is InChI=1S/C17H16ClNO/c1-2-6-16(13-7-4-3-5-8-13)17(20)19-15-11-9-14(18)10-12-15/h3-12H,2H2,1H3,(H,19,20)/b16-6+. The van der Waals surface area contributed by atoms with Gasteiger partial charge in [-0.3, -0.25) is 4.79 Å². The third-order valence-corrected chi connectivity index (χ3v) is 3.09. The molecule has 0 saturated heterocycles. The lowest BCUT2D eigenvalue weighted by Crippen LogP contribution is -2.13. The summed E-state index contributed by atoms with van der Waals surface area (Å²) in [7, 11) is 0. The van der Waals surface area contributed by atoms with Gasteiger partial charge in [0.2, 0.25) is 0 Å². The van der Waals surface area contributed by atoms with Gasteiger partial charge in [0.25, 0.3) is 5.91 Å². The molecule has 0 heterocycles. The molecule has 1 amide bonds. The van der Waals surface area contributed by atoms with Crippen LogP contribution in [0.3, 0.4) is 0 Å². The Kier molecular flexibility index (Phi) is 4.97. The fourth-order valence-corrected chi connectivity index (χ4v) is 2.02. The van der Waals surface area contributed by atoms with Crippen molar-refractivity contribution in [2.45, 2.75) is 13.3 Å². The highest BCUT2D eigenvalue weighted by Crippen LogP contribution is 2.19. The van der Waals surface area contributed by atoms with Gasteiger partial charge >= 0.3 is 0 Å². The maximum Gasteiger partial charge on any atom is 0.255 e. The molecular weight excluding hydrogens is 270 g/mol. The van der Waals surface area contributed by atoms with Crippen molar-refractivity contribution in [3.05, 3.63) is 71.3 Å². The number of hydrogen-bond acceptors (Lipinski definition) is 1. The largest absolute Gasteiger partial charge is 0.322 e. The van der Waals surface area contributed by atoms with Gasteiger partial charge in [-0.15, -0.1) is 0 Å². The quantitative estimate of drug-likeness (QED) is 0.805. The molecule has 0 aliphatic heterocycles. The third-order valence-electron chi connectivity index (χ3n) is 2.84. The predicted molar refractivity (Wildman–Crippen MR) is 84.8 cm³/mol. The van der Waals surface area contributed by atoms with E-state index in [1.165, 1.54) is 0 Å². The molecule has 102 valence electrons. The molecule has 0 bridgehead atoms. The Bertz CT molecular complexity index is 603. The Morgan fingerprint density at radius 1 is 1.10 bits per heavy atom. The van der Waals surface area contributed by atoms with Crippen LogP contribution in [0.4, 0.5) is 5.69 Å². The van der Waals surface area contributed by atoms with E-state index >= 15 is 0 Å². The number of carbonyl (C=O) groups excluding carboxylic acids is 1. The number of rotatable bonds is 4. The first kappa shape index (κ1) is 14.4. The minimum absolute atomic E-state index is 0.111. The molecule has 0 fully saturated rings. The van der Waals surface area contributed by atoms with Crippen molar-refractivity contribution in [3.8, 4) is 0 Å². The molecule has 0 radical (unpaired) electrons. The van der Waals surface area contributed by atoms with E-state index < -0.39 is 0 Å². The topological polar surface area (TPSA) is 29.1 Å². The Balaban J connectivity index is 2.20. The van der Waals surface area contributed by atoms with Gasteiger partial charge in [-0.25, -0.2) is 0 Å². The van der Waals surface area contributed by atoms with Crippen LogP contribution in [-0.4, -0.2) is 5.91 Å². The molecule has 2 aromatic rings. The molecule has 2 rings (SSSR count). The SMILES string of the molecule is CC/C=C(/C(=O)Nc1ccc(Cl)cc1)c1ccccc1. The first-order valence-electron chi connectivity index (χ1n) is 6.53. The van der Waals surface area contributed by atoms with Crippen LogP contribution in [0.15, 0.2) is 60.7 Å². The average molecular weight is 286 g/mol. The van der Waals surface area contributed by atoms with Gasteiger partial charge in [-0.2, -0.15) is 0 Å². The van der Waals surface area contributed by atoms with Crippen molar-refractivity contribution >= 4 is 28.8 Å². The number of hydrogen-bond donors (Lipinski definition) is 1. The lowest BCUT2D eigenvalue weighted by molar-refractivity contribution is -0.111. The highest BCUT2D eigenvalue weighted by Gasteiger charge is 2.11. The summed E-state index contributed by atoms with van der Waals surface area (Å²) in [6.45, 7) is 2.01. The van der Waals surface area contributed by atoms with Crippen molar-refractivity contribution < 1.29 is 4.79 Å². The number of amides is 1. The summed E-state index contributed by atoms with van der Waals surface area (Å²) in [6, 6.07) is 16.7. The summed E-state index contributed by atoms with van der Waals surface area (Å²) in [4.78, 5) is 12.4. The third kappa shape index (κ3) is 3.72. The zero-order valence-electron chi connectivity index (χ0n) is 11.3. The van der Waals surface area contributed by atoms with Crippen molar-refractivity contribution in [1.82, 2.24) is 0 Å². The molecule has 2 aromatic carbocycles. The monoisotopic (exact) mass is 285 g/mol. The zero-order chi connectivity index (χ0) is 14.4. The molecule has 0 aromatic heterocycles. The smallest absolute Gasteiger partial charge is 0.255 e. The molecule has 0 saturated carbocycles. The van der Waals surface area contributed by atoms with E-state index in [0.29, 0.717) is 10.6 Å². The average Bonchev–Trinajstić information content (AvgIpc) is 2.48. The zero-order valence-corrected chi connectivity index (χ0v) is 12.0. The van der Waals surface area contributed by atoms with Gasteiger partial charge in [0, 0.05) is 16.3 Å². The Labute approximate surface area is 124 Å². The number of halogens is 1. The fraction of sp³-hybridized carbons (Fsp3) is 0.118. The van der Waals surface area contributed by atoms with Crippen LogP contribution < -0.4 is 5.32 Å². The highest BCUT2D eigenvalue weighted by molar-refractivity contribution is 6.30. The number of carbonyl (C=O) groups is 1. The van der Waals surface area contributed by atoms with Crippen LogP contribution in [0.25, 0.3) is 5.57 Å². The second kappa shape index (κ2) is 6.92. The van der Waals surface area contributed by atoms with E-state index in [-0.39, 0.29) is 5.91 Å². The van der Waals surface area contributed by atoms with Crippen molar-refractivity contribution in [3.63, 3.8) is 0 Å². The van der Waals surface area contributed by atoms with E-state index in [2.05, 4.69) is 5.32 Å². The first-order valence-corrected chi connectivity index (χ1v) is 6.91. The molecule has 20 heavy (non-hydrogen) atoms. The van der Waals surface area contributed by atoms with E-state index in [1.807, 2.05) is 43.3 Å². The van der Waals surface area contributed by atoms with Crippen LogP contribution in [-0.2, 0) is 4.79 Å². The summed E-state index contributed by atoms with van der Waals surface area (Å²) in [5, 5.41) is 3.54. The van der Waals surface area contributed by atoms with Gasteiger partial charge in [0.15, 0.2) is 0 Å². The van der Waals surface area contributed by atoms with Gasteiger partial charge in [0.05, 0.1) is 0 Å². The lowest BCUT2D eigenvalue weighted by atomic mass is 10.0. The number of anilines is 1. The second-order valence-electron chi connectivity index (χ2n) is 4.35. The van der Waals surface area contributed by atoms with Gasteiger partial charge < -0.3 is 5.32 Å². The lowest BCUT2D eigenvalue weighted by Gasteiger charge is -2.09. The summed E-state index contributed by atoms with van der Waals surface area (Å²) >= 11 is 5.83. The molecular formula is C17H16ClNO. The molecule has 2 nitrogen and oxygen atoms in total. The molecule has 0 aliphatic rings. The summed E-state index contributed by atoms with van der Waals surface area (Å²) < 4.78 is 0. The van der Waals surface area contributed by atoms with Crippen molar-refractivity contribution in [1.29, 1.82) is 0 Å². The number of nitrogens with one attached hydrogen (secondary N) is 1. The normalized spacial score (nSPS) is 11.2. The molecule has 0 unspecified atom stereocenters. The van der Waals surface area contributed by atoms with Crippen LogP contribution in [0.1, 0.15) is 18.9 Å². The molecule has 0 spiro atoms. The highest BCUT2D eigenvalue weighted by atomic mass is 35.5. The van der Waals surface area contributed by atoms with E-state index in [0.717, 1.165) is 17.7 Å². The number of allylic oxidation sites excluding steroid dienone is 1. The Morgan fingerprint density at radius 2 is 1.75 bits per heavy atom. The van der Waals surface area contributed by atoms with Crippen LogP contribution in [0, 0.1) is 0 Å². The van der Waals surface area contributed by atoms with Gasteiger partial charge in [-0.1, -0.05) is 54.9 Å². The predicted octanol–water partition coefficient (Wildman–Crippen LogP) is 4.77. The molecule has 1 N–H and O–H groups in total. The van der Waals surface area contributed by atoms with Gasteiger partial charge in [0.1, 0.15) is 0 Å². The van der Waals surface area contributed by atoms with Crippen LogP contribution >= 0.6 is 11.6 Å². The maximum atomic E-state index is 12.4. The van der Waals surface area contributed by atoms with Crippen LogP contribution in [0.5, 0.6) is 0 Å². The van der Waals surface area contributed by atoms with Crippen LogP contribution in [0.2, 0.25) is 5.02 Å². The first-order chi connectivity index (χ1) is 9.70. The fourth-order valence-electron chi connectivity index (χ4n) is 1.90. The minimum Gasteiger partial charge on any atom is -0.322 e. The molecule has 3 heteroatoms. The summed E-state index contributed by atoms with van der Waals surface area (Å²) in [5.41, 5.74) is 2.33. The van der Waals surface area contributed by atoms with Crippen molar-refractivity contribution in [2.75, 3.05) is 5.32 Å². The summed E-state index contributed by atoms with van der Waals surface area (Å²) in [6.07, 6.45) is 2.73. The molecule has 0 atom stereocenters. The Hall–Kier alpha value is -2.06. The minimum atomic E-state index is -0.111. The van der Waals surface area contributed by atoms with E-state index in [1.54, 1.807) is 24.3 Å².